The van der Waals surface area contributed by atoms with Crippen molar-refractivity contribution in [2.75, 3.05) is 13.1 Å². The Balaban J connectivity index is 1.38. The molecule has 6 nitrogen and oxygen atoms in total. The van der Waals surface area contributed by atoms with Gasteiger partial charge in [0, 0.05) is 28.6 Å². The summed E-state index contributed by atoms with van der Waals surface area (Å²) in [6.45, 7) is 4.99. The van der Waals surface area contributed by atoms with E-state index in [-0.39, 0.29) is 23.6 Å². The zero-order chi connectivity index (χ0) is 29.8. The molecule has 1 atom stereocenters. The van der Waals surface area contributed by atoms with Crippen LogP contribution in [0.2, 0.25) is 0 Å². The molecule has 0 saturated carbocycles. The van der Waals surface area contributed by atoms with E-state index in [1.54, 1.807) is 30.3 Å². The van der Waals surface area contributed by atoms with E-state index < -0.39 is 0 Å². The summed E-state index contributed by atoms with van der Waals surface area (Å²) in [7, 11) is 0. The zero-order valence-corrected chi connectivity index (χ0v) is 24.2. The number of piperidine rings is 1. The minimum Gasteiger partial charge on any atom is -0.494 e. The number of fused-ring (bicyclic) bond motifs is 1. The van der Waals surface area contributed by atoms with Crippen molar-refractivity contribution in [3.63, 3.8) is 0 Å². The van der Waals surface area contributed by atoms with Gasteiger partial charge in [-0.1, -0.05) is 48.9 Å². The lowest BCUT2D eigenvalue weighted by Crippen LogP contribution is -2.28. The number of aromatic nitrogens is 1. The molecule has 1 aliphatic rings. The summed E-state index contributed by atoms with van der Waals surface area (Å²) in [6.07, 6.45) is 3.72. The maximum Gasteiger partial charge on any atom is 0.251 e. The van der Waals surface area contributed by atoms with Crippen molar-refractivity contribution in [3.05, 3.63) is 131 Å². The number of hydrogen-bond acceptors (Lipinski definition) is 4. The van der Waals surface area contributed by atoms with Crippen LogP contribution >= 0.6 is 0 Å². The van der Waals surface area contributed by atoms with Crippen molar-refractivity contribution < 1.29 is 14.3 Å². The maximum atomic E-state index is 14.0. The van der Waals surface area contributed by atoms with E-state index in [1.165, 1.54) is 31.4 Å². The Morgan fingerprint density at radius 1 is 0.930 bits per heavy atom. The normalized spacial score (nSPS) is 15.0. The van der Waals surface area contributed by atoms with Gasteiger partial charge in [-0.25, -0.2) is 9.38 Å². The molecular formula is C36H35FN4O2. The Bertz CT molecular complexity index is 1760. The Morgan fingerprint density at radius 3 is 2.44 bits per heavy atom. The lowest BCUT2D eigenvalue weighted by Gasteiger charge is -2.26. The van der Waals surface area contributed by atoms with Gasteiger partial charge in [-0.05, 0) is 98.6 Å². The summed E-state index contributed by atoms with van der Waals surface area (Å²) in [5, 5.41) is 14.9. The van der Waals surface area contributed by atoms with Crippen LogP contribution in [0.4, 0.5) is 10.1 Å². The first kappa shape index (κ1) is 28.4. The summed E-state index contributed by atoms with van der Waals surface area (Å²) in [5.41, 5.74) is 5.59. The van der Waals surface area contributed by atoms with E-state index in [2.05, 4.69) is 27.3 Å². The van der Waals surface area contributed by atoms with Crippen LogP contribution in [0.25, 0.3) is 10.9 Å². The molecular weight excluding hydrogens is 539 g/mol. The number of benzene rings is 4. The number of carbonyl (C=O) groups is 1. The number of nitrogens with zero attached hydrogens (tertiary/aromatic N) is 2. The quantitative estimate of drug-likeness (QED) is 0.167. The highest BCUT2D eigenvalue weighted by Gasteiger charge is 2.21. The fourth-order valence-electron chi connectivity index (χ4n) is 5.77. The van der Waals surface area contributed by atoms with Gasteiger partial charge in [-0.15, -0.1) is 0 Å². The Kier molecular flexibility index (Phi) is 8.34. The third-order valence-corrected chi connectivity index (χ3v) is 8.05. The second-order valence-electron chi connectivity index (χ2n) is 11.2. The number of nitrogens with one attached hydrogen (secondary N) is 2. The van der Waals surface area contributed by atoms with Gasteiger partial charge >= 0.3 is 0 Å². The summed E-state index contributed by atoms with van der Waals surface area (Å²) in [5.74, 6) is -0.658. The monoisotopic (exact) mass is 574 g/mol. The van der Waals surface area contributed by atoms with Gasteiger partial charge in [-0.3, -0.25) is 9.69 Å². The summed E-state index contributed by atoms with van der Waals surface area (Å²) in [6, 6.07) is 29.0. The van der Waals surface area contributed by atoms with Crippen molar-refractivity contribution in [3.8, 4) is 5.88 Å². The molecule has 1 amide bonds. The van der Waals surface area contributed by atoms with Crippen molar-refractivity contribution in [2.45, 2.75) is 38.8 Å². The van der Waals surface area contributed by atoms with E-state index in [4.69, 9.17) is 4.99 Å². The van der Waals surface area contributed by atoms with E-state index in [1.807, 2.05) is 49.4 Å². The van der Waals surface area contributed by atoms with Gasteiger partial charge in [0.05, 0.1) is 23.0 Å². The first-order chi connectivity index (χ1) is 20.9. The highest BCUT2D eigenvalue weighted by Crippen LogP contribution is 2.33. The molecule has 0 aliphatic carbocycles. The molecule has 43 heavy (non-hydrogen) atoms. The third kappa shape index (κ3) is 6.52. The van der Waals surface area contributed by atoms with Gasteiger partial charge in [0.2, 0.25) is 0 Å². The molecule has 0 unspecified atom stereocenters. The molecule has 4 aromatic carbocycles. The van der Waals surface area contributed by atoms with Crippen molar-refractivity contribution in [1.29, 1.82) is 0 Å². The highest BCUT2D eigenvalue weighted by molar-refractivity contribution is 6.22. The fourth-order valence-corrected chi connectivity index (χ4v) is 5.77. The second-order valence-corrected chi connectivity index (χ2v) is 11.2. The molecule has 1 saturated heterocycles. The Labute approximate surface area is 250 Å². The lowest BCUT2D eigenvalue weighted by molar-refractivity contribution is 0.0940. The standard InChI is InChI=1S/C36H35FN4O2/c1-24(26-10-4-2-5-11-26)38-35(42)28-15-18-32-31(22-28)33(36(43)40-32)34(27-13-16-29(37)17-14-27)39-30-12-8-9-25(21-30)23-41-19-6-3-7-20-41/h2,4-5,8-18,21-22,24,40,43H,3,6-7,19-20,23H2,1H3,(H,38,42)/t24-/m1/s1. The summed E-state index contributed by atoms with van der Waals surface area (Å²) >= 11 is 0. The van der Waals surface area contributed by atoms with E-state index >= 15 is 0 Å². The van der Waals surface area contributed by atoms with Crippen LogP contribution in [0.15, 0.2) is 102 Å². The summed E-state index contributed by atoms with van der Waals surface area (Å²) < 4.78 is 14.0. The van der Waals surface area contributed by atoms with Crippen LogP contribution in [0.3, 0.4) is 0 Å². The minimum absolute atomic E-state index is 0.0715. The lowest BCUT2D eigenvalue weighted by atomic mass is 9.99. The first-order valence-electron chi connectivity index (χ1n) is 14.8. The van der Waals surface area contributed by atoms with Gasteiger partial charge < -0.3 is 15.4 Å². The predicted molar refractivity (Wildman–Crippen MR) is 170 cm³/mol. The number of hydrogen-bond donors (Lipinski definition) is 3. The summed E-state index contributed by atoms with van der Waals surface area (Å²) in [4.78, 5) is 23.8. The number of aliphatic imine (C=N–C) groups is 1. The number of aromatic hydroxyl groups is 1. The SMILES string of the molecule is C[C@@H](NC(=O)c1ccc2[nH]c(O)c(C(=Nc3cccc(CN4CCCCC4)c3)c3ccc(F)cc3)c2c1)c1ccccc1. The number of likely N-dealkylation sites (tertiary alicyclic amines) is 1. The van der Waals surface area contributed by atoms with Crippen LogP contribution in [-0.2, 0) is 6.54 Å². The zero-order valence-electron chi connectivity index (χ0n) is 24.2. The van der Waals surface area contributed by atoms with Crippen LogP contribution in [0, 0.1) is 5.82 Å². The topological polar surface area (TPSA) is 80.7 Å². The van der Waals surface area contributed by atoms with Crippen LogP contribution in [0.5, 0.6) is 5.88 Å². The molecule has 1 aromatic heterocycles. The molecule has 3 N–H and O–H groups in total. The van der Waals surface area contributed by atoms with Crippen LogP contribution in [0.1, 0.15) is 64.8 Å². The highest BCUT2D eigenvalue weighted by atomic mass is 19.1. The third-order valence-electron chi connectivity index (χ3n) is 8.05. The van der Waals surface area contributed by atoms with E-state index in [0.29, 0.717) is 33.3 Å². The number of rotatable bonds is 8. The maximum absolute atomic E-state index is 14.0. The van der Waals surface area contributed by atoms with E-state index in [0.717, 1.165) is 36.4 Å². The van der Waals surface area contributed by atoms with E-state index in [9.17, 15) is 14.3 Å². The predicted octanol–water partition coefficient (Wildman–Crippen LogP) is 7.66. The van der Waals surface area contributed by atoms with Gasteiger partial charge in [-0.2, -0.15) is 0 Å². The first-order valence-corrected chi connectivity index (χ1v) is 14.8. The molecule has 5 aromatic rings. The largest absolute Gasteiger partial charge is 0.494 e. The Hall–Kier alpha value is -4.75. The molecule has 1 aliphatic heterocycles. The van der Waals surface area contributed by atoms with Crippen molar-refractivity contribution in [1.82, 2.24) is 15.2 Å². The number of H-pyrrole nitrogens is 1. The minimum atomic E-state index is -0.360. The Morgan fingerprint density at radius 2 is 1.67 bits per heavy atom. The van der Waals surface area contributed by atoms with Crippen LogP contribution < -0.4 is 5.32 Å². The molecule has 0 radical (unpaired) electrons. The number of halogens is 1. The molecule has 0 bridgehead atoms. The second kappa shape index (κ2) is 12.6. The van der Waals surface area contributed by atoms with Crippen molar-refractivity contribution in [2.24, 2.45) is 4.99 Å². The molecule has 218 valence electrons. The molecule has 6 rings (SSSR count). The van der Waals surface area contributed by atoms with Gasteiger partial charge in [0.25, 0.3) is 5.91 Å². The molecule has 0 spiro atoms. The average Bonchev–Trinajstić information content (AvgIpc) is 3.36. The van der Waals surface area contributed by atoms with Crippen molar-refractivity contribution >= 4 is 28.2 Å². The molecule has 7 heteroatoms. The number of amides is 1. The number of aromatic amines is 1. The van der Waals surface area contributed by atoms with Gasteiger partial charge in [0.1, 0.15) is 5.82 Å². The van der Waals surface area contributed by atoms with Crippen LogP contribution in [-0.4, -0.2) is 39.7 Å². The van der Waals surface area contributed by atoms with Gasteiger partial charge in [0.15, 0.2) is 5.88 Å². The molecule has 2 heterocycles. The smallest absolute Gasteiger partial charge is 0.251 e. The average molecular weight is 575 g/mol. The molecule has 1 fully saturated rings. The number of carbonyl (C=O) groups excluding carboxylic acids is 1. The fraction of sp³-hybridized carbons (Fsp3) is 0.222.